The molecule has 0 bridgehead atoms. The van der Waals surface area contributed by atoms with Crippen LogP contribution >= 0.6 is 0 Å². The minimum atomic E-state index is -1.64. The van der Waals surface area contributed by atoms with Gasteiger partial charge in [0.15, 0.2) is 34.3 Å². The molecule has 2 unspecified atom stereocenters. The average molecular weight is 717 g/mol. The van der Waals surface area contributed by atoms with Gasteiger partial charge in [-0.25, -0.2) is 0 Å². The molecule has 51 heavy (non-hydrogen) atoms. The molecule has 2 heterocycles. The van der Waals surface area contributed by atoms with Crippen LogP contribution in [0.1, 0.15) is 23.7 Å². The van der Waals surface area contributed by atoms with E-state index in [1.807, 2.05) is 18.2 Å². The third kappa shape index (κ3) is 8.11. The zero-order valence-corrected chi connectivity index (χ0v) is 28.6. The Kier molecular flexibility index (Phi) is 12.5. The van der Waals surface area contributed by atoms with Gasteiger partial charge in [0.2, 0.25) is 12.0 Å². The fraction of sp³-hybridized carbons (Fsp3) is 0.444. The molecule has 5 rings (SSSR count). The van der Waals surface area contributed by atoms with Gasteiger partial charge in [0, 0.05) is 17.6 Å². The summed E-state index contributed by atoms with van der Waals surface area (Å²) in [4.78, 5) is 0. The largest absolute Gasteiger partial charge is 0.493 e. The van der Waals surface area contributed by atoms with E-state index in [0.29, 0.717) is 35.5 Å². The maximum absolute atomic E-state index is 11.0. The Morgan fingerprint density at radius 1 is 0.745 bits per heavy atom. The maximum Gasteiger partial charge on any atom is 0.229 e. The predicted octanol–water partition coefficient (Wildman–Crippen LogP) is 1.71. The second-order valence-electron chi connectivity index (χ2n) is 11.9. The summed E-state index contributed by atoms with van der Waals surface area (Å²) in [7, 11) is 5.80. The predicted molar refractivity (Wildman–Crippen MR) is 181 cm³/mol. The third-order valence-electron chi connectivity index (χ3n) is 8.61. The molecule has 7 atom stereocenters. The van der Waals surface area contributed by atoms with Crippen molar-refractivity contribution < 1.29 is 73.3 Å². The number of aliphatic hydroxyl groups is 7. The monoisotopic (exact) mass is 716 g/mol. The van der Waals surface area contributed by atoms with Gasteiger partial charge in [-0.3, -0.25) is 0 Å². The van der Waals surface area contributed by atoms with Crippen LogP contribution in [0.4, 0.5) is 0 Å². The Morgan fingerprint density at radius 2 is 1.43 bits per heavy atom. The second-order valence-corrected chi connectivity index (χ2v) is 11.9. The summed E-state index contributed by atoms with van der Waals surface area (Å²) in [6, 6.07) is 13.4. The number of rotatable bonds is 16. The molecule has 7 N–H and O–H groups in total. The van der Waals surface area contributed by atoms with Crippen LogP contribution in [0.25, 0.3) is 22.3 Å². The van der Waals surface area contributed by atoms with Crippen molar-refractivity contribution in [2.24, 2.45) is 0 Å². The highest BCUT2D eigenvalue weighted by Crippen LogP contribution is 2.44. The molecule has 0 saturated carbocycles. The first-order valence-corrected chi connectivity index (χ1v) is 16.2. The zero-order chi connectivity index (χ0) is 36.8. The quantitative estimate of drug-likeness (QED) is 0.0878. The van der Waals surface area contributed by atoms with Crippen molar-refractivity contribution in [3.63, 3.8) is 0 Å². The molecule has 1 aliphatic heterocycles. The van der Waals surface area contributed by atoms with Crippen LogP contribution < -0.4 is 28.4 Å². The minimum absolute atomic E-state index is 0.0584. The van der Waals surface area contributed by atoms with E-state index >= 15 is 0 Å². The molecule has 0 radical (unpaired) electrons. The van der Waals surface area contributed by atoms with Gasteiger partial charge in [-0.15, -0.1) is 0 Å². The first-order valence-electron chi connectivity index (χ1n) is 16.2. The number of ether oxygens (including phenoxy) is 7. The van der Waals surface area contributed by atoms with Crippen LogP contribution in [0.5, 0.6) is 34.5 Å². The SMILES string of the molecule is COc1cc(C(O)C(O)COc2c(OC)cc(-c3cc4cc(CCCO)cc(OC)c4o3)cc2OC)ccc1O[C@@H]1O[C@H](CO)[C@@H](O)[C@H](O)[C@H]1O. The Balaban J connectivity index is 1.31. The molecular formula is C36H44O15. The topological polar surface area (TPSA) is 219 Å². The van der Waals surface area contributed by atoms with Crippen LogP contribution in [-0.2, 0) is 11.2 Å². The second kappa shape index (κ2) is 16.8. The van der Waals surface area contributed by atoms with Gasteiger partial charge in [-0.05, 0) is 66.4 Å². The van der Waals surface area contributed by atoms with Gasteiger partial charge in [0.25, 0.3) is 0 Å². The molecule has 0 amide bonds. The average Bonchev–Trinajstić information content (AvgIpc) is 3.59. The Hall–Kier alpha value is -4.32. The lowest BCUT2D eigenvalue weighted by atomic mass is 9.99. The van der Waals surface area contributed by atoms with Crippen molar-refractivity contribution in [3.05, 3.63) is 59.7 Å². The lowest BCUT2D eigenvalue weighted by molar-refractivity contribution is -0.277. The highest BCUT2D eigenvalue weighted by molar-refractivity contribution is 5.88. The van der Waals surface area contributed by atoms with Crippen molar-refractivity contribution in [3.8, 4) is 45.8 Å². The summed E-state index contributed by atoms with van der Waals surface area (Å²) in [5.74, 6) is 1.96. The number of hydrogen-bond donors (Lipinski definition) is 7. The number of aliphatic hydroxyl groups excluding tert-OH is 7. The van der Waals surface area contributed by atoms with E-state index in [9.17, 15) is 35.7 Å². The molecule has 15 heteroatoms. The van der Waals surface area contributed by atoms with E-state index in [-0.39, 0.29) is 47.5 Å². The molecule has 1 saturated heterocycles. The summed E-state index contributed by atoms with van der Waals surface area (Å²) in [5.41, 5.74) is 2.40. The summed E-state index contributed by atoms with van der Waals surface area (Å²) in [6.45, 7) is -0.924. The van der Waals surface area contributed by atoms with Gasteiger partial charge in [-0.2, -0.15) is 0 Å². The summed E-state index contributed by atoms with van der Waals surface area (Å²) < 4.78 is 45.3. The van der Waals surface area contributed by atoms with E-state index in [2.05, 4.69) is 0 Å². The third-order valence-corrected chi connectivity index (χ3v) is 8.61. The maximum atomic E-state index is 11.0. The highest BCUT2D eigenvalue weighted by atomic mass is 16.7. The molecule has 278 valence electrons. The molecule has 4 aromatic rings. The fourth-order valence-electron chi connectivity index (χ4n) is 5.80. The molecule has 1 aromatic heterocycles. The van der Waals surface area contributed by atoms with Crippen LogP contribution in [0.15, 0.2) is 52.9 Å². The zero-order valence-electron chi connectivity index (χ0n) is 28.6. The van der Waals surface area contributed by atoms with Crippen LogP contribution in [0.2, 0.25) is 0 Å². The number of furan rings is 1. The van der Waals surface area contributed by atoms with E-state index in [1.54, 1.807) is 19.2 Å². The van der Waals surface area contributed by atoms with Crippen LogP contribution in [-0.4, -0.2) is 121 Å². The molecule has 15 nitrogen and oxygen atoms in total. The Morgan fingerprint density at radius 3 is 2.06 bits per heavy atom. The van der Waals surface area contributed by atoms with Crippen molar-refractivity contribution in [1.82, 2.24) is 0 Å². The molecule has 1 fully saturated rings. The van der Waals surface area contributed by atoms with Gasteiger partial charge in [-0.1, -0.05) is 6.07 Å². The molecule has 3 aromatic carbocycles. The van der Waals surface area contributed by atoms with E-state index < -0.39 is 49.5 Å². The van der Waals surface area contributed by atoms with E-state index in [1.165, 1.54) is 39.5 Å². The highest BCUT2D eigenvalue weighted by Gasteiger charge is 2.45. The van der Waals surface area contributed by atoms with Gasteiger partial charge in [0.05, 0.1) is 35.0 Å². The van der Waals surface area contributed by atoms with E-state index in [0.717, 1.165) is 10.9 Å². The summed E-state index contributed by atoms with van der Waals surface area (Å²) >= 11 is 0. The Labute approximate surface area is 293 Å². The van der Waals surface area contributed by atoms with Crippen molar-refractivity contribution in [2.75, 3.05) is 48.3 Å². The van der Waals surface area contributed by atoms with Gasteiger partial charge >= 0.3 is 0 Å². The molecule has 0 spiro atoms. The molecular weight excluding hydrogens is 672 g/mol. The number of hydrogen-bond acceptors (Lipinski definition) is 15. The lowest BCUT2D eigenvalue weighted by Crippen LogP contribution is -2.60. The standard InChI is InChI=1S/C36H44O15/c1-44-25-12-19(7-8-23(25)50-36-33(43)32(42)31(41)29(16-38)51-36)30(40)22(39)17-48-35-27(46-3)13-20(14-28(35)47-4)24-15-21-10-18(6-5-9-37)11-26(45-2)34(21)49-24/h7-8,10-15,22,29-33,36-43H,5-6,9,16-17H2,1-4H3/t22?,29-,30?,31-,32+,33-,36-/m1/s1. The minimum Gasteiger partial charge on any atom is -0.493 e. The van der Waals surface area contributed by atoms with Crippen LogP contribution in [0.3, 0.4) is 0 Å². The van der Waals surface area contributed by atoms with E-state index in [4.69, 9.17) is 37.6 Å². The van der Waals surface area contributed by atoms with Crippen molar-refractivity contribution in [1.29, 1.82) is 0 Å². The first kappa shape index (κ1) is 37.9. The van der Waals surface area contributed by atoms with Crippen molar-refractivity contribution >= 4 is 11.0 Å². The Bertz CT molecular complexity index is 1730. The number of aryl methyl sites for hydroxylation is 1. The van der Waals surface area contributed by atoms with Gasteiger partial charge in [0.1, 0.15) is 49.0 Å². The number of fused-ring (bicyclic) bond motifs is 1. The fourth-order valence-corrected chi connectivity index (χ4v) is 5.80. The number of benzene rings is 3. The summed E-state index contributed by atoms with van der Waals surface area (Å²) in [5, 5.41) is 71.9. The smallest absolute Gasteiger partial charge is 0.229 e. The normalized spacial score (nSPS) is 21.6. The van der Waals surface area contributed by atoms with Crippen molar-refractivity contribution in [2.45, 2.75) is 55.8 Å². The molecule has 1 aliphatic rings. The summed E-state index contributed by atoms with van der Waals surface area (Å²) in [6.07, 6.45) is -9.06. The van der Waals surface area contributed by atoms with Gasteiger partial charge < -0.3 is 73.3 Å². The molecule has 0 aliphatic carbocycles. The number of methoxy groups -OCH3 is 4. The van der Waals surface area contributed by atoms with Crippen LogP contribution in [0, 0.1) is 0 Å². The first-order chi connectivity index (χ1) is 24.6. The lowest BCUT2D eigenvalue weighted by Gasteiger charge is -2.39.